The summed E-state index contributed by atoms with van der Waals surface area (Å²) in [4.78, 5) is 40.4. The Morgan fingerprint density at radius 3 is 2.74 bits per heavy atom. The molecule has 2 amide bonds. The predicted octanol–water partition coefficient (Wildman–Crippen LogP) is 1.93. The van der Waals surface area contributed by atoms with Gasteiger partial charge < -0.3 is 15.3 Å². The number of carboxylic acid groups (broad SMARTS) is 1. The molecule has 1 aromatic heterocycles. The minimum atomic E-state index is -1.13. The summed E-state index contributed by atoms with van der Waals surface area (Å²) >= 11 is 1.28. The summed E-state index contributed by atoms with van der Waals surface area (Å²) in [5.74, 6) is -2.18. The molecular formula is C18H20FN3O4S. The van der Waals surface area contributed by atoms with Crippen LogP contribution in [0.15, 0.2) is 29.6 Å². The normalized spacial score (nSPS) is 11.7. The smallest absolute Gasteiger partial charge is 0.326 e. The fraction of sp³-hybridized carbons (Fsp3) is 0.333. The molecule has 27 heavy (non-hydrogen) atoms. The van der Waals surface area contributed by atoms with Gasteiger partial charge in [-0.05, 0) is 19.1 Å². The minimum Gasteiger partial charge on any atom is -0.480 e. The highest BCUT2D eigenvalue weighted by Gasteiger charge is 2.26. The molecule has 2 aromatic rings. The van der Waals surface area contributed by atoms with Crippen LogP contribution in [-0.4, -0.2) is 51.9 Å². The number of hydrogen-bond acceptors (Lipinski definition) is 5. The van der Waals surface area contributed by atoms with E-state index in [9.17, 15) is 23.9 Å². The number of carbonyl (C=O) groups excluding carboxylic acids is 2. The number of nitrogens with zero attached hydrogens (tertiary/aromatic N) is 2. The van der Waals surface area contributed by atoms with E-state index in [4.69, 9.17) is 0 Å². The highest BCUT2D eigenvalue weighted by molar-refractivity contribution is 7.13. The summed E-state index contributed by atoms with van der Waals surface area (Å²) in [7, 11) is 0. The fourth-order valence-corrected chi connectivity index (χ4v) is 3.24. The van der Waals surface area contributed by atoms with Crippen molar-refractivity contribution in [3.63, 3.8) is 0 Å². The largest absolute Gasteiger partial charge is 0.480 e. The molecule has 0 saturated heterocycles. The van der Waals surface area contributed by atoms with Gasteiger partial charge in [0.1, 0.15) is 16.9 Å². The van der Waals surface area contributed by atoms with Crippen LogP contribution in [0.3, 0.4) is 0 Å². The maximum absolute atomic E-state index is 13.3. The second-order valence-corrected chi connectivity index (χ2v) is 6.77. The topological polar surface area (TPSA) is 99.6 Å². The summed E-state index contributed by atoms with van der Waals surface area (Å²) in [5.41, 5.74) is 1.09. The fourth-order valence-electron chi connectivity index (χ4n) is 2.42. The number of rotatable bonds is 8. The van der Waals surface area contributed by atoms with Gasteiger partial charge in [0.2, 0.25) is 11.8 Å². The zero-order valence-electron chi connectivity index (χ0n) is 14.9. The van der Waals surface area contributed by atoms with Crippen molar-refractivity contribution in [3.8, 4) is 10.6 Å². The molecule has 9 heteroatoms. The monoisotopic (exact) mass is 393 g/mol. The highest BCUT2D eigenvalue weighted by atomic mass is 32.1. The molecule has 2 N–H and O–H groups in total. The molecule has 1 aromatic carbocycles. The number of benzene rings is 1. The Hall–Kier alpha value is -2.81. The molecule has 1 unspecified atom stereocenters. The van der Waals surface area contributed by atoms with Gasteiger partial charge in [-0.15, -0.1) is 11.3 Å². The zero-order chi connectivity index (χ0) is 20.0. The lowest BCUT2D eigenvalue weighted by atomic mass is 10.2. The predicted molar refractivity (Wildman–Crippen MR) is 98.7 cm³/mol. The van der Waals surface area contributed by atoms with E-state index in [0.29, 0.717) is 16.3 Å². The van der Waals surface area contributed by atoms with E-state index >= 15 is 0 Å². The van der Waals surface area contributed by atoms with E-state index < -0.39 is 17.9 Å². The summed E-state index contributed by atoms with van der Waals surface area (Å²) in [6.45, 7) is 2.99. The molecule has 0 spiro atoms. The van der Waals surface area contributed by atoms with Crippen LogP contribution in [0.1, 0.15) is 19.5 Å². The van der Waals surface area contributed by atoms with Crippen LogP contribution in [0.5, 0.6) is 0 Å². The lowest BCUT2D eigenvalue weighted by Gasteiger charge is -2.26. The summed E-state index contributed by atoms with van der Waals surface area (Å²) in [6.07, 6.45) is -0.0799. The lowest BCUT2D eigenvalue weighted by Crippen LogP contribution is -2.47. The van der Waals surface area contributed by atoms with Crippen LogP contribution in [0.2, 0.25) is 0 Å². The first-order valence-corrected chi connectivity index (χ1v) is 9.13. The van der Waals surface area contributed by atoms with Crippen molar-refractivity contribution in [2.75, 3.05) is 13.1 Å². The van der Waals surface area contributed by atoms with Gasteiger partial charge in [-0.25, -0.2) is 14.2 Å². The number of hydrogen-bond donors (Lipinski definition) is 2. The number of thiazole rings is 1. The molecule has 144 valence electrons. The Morgan fingerprint density at radius 2 is 2.11 bits per heavy atom. The third kappa shape index (κ3) is 5.85. The number of amides is 2. The number of halogens is 1. The average Bonchev–Trinajstić information content (AvgIpc) is 3.06. The van der Waals surface area contributed by atoms with Gasteiger partial charge in [0.25, 0.3) is 0 Å². The minimum absolute atomic E-state index is 0.0762. The standard InChI is InChI=1S/C18H20FN3O4S/c1-11(18(25)26)22(7-6-20-12(2)23)16(24)9-15-10-27-17(21-15)13-4-3-5-14(19)8-13/h3-5,8,10-11H,6-7,9H2,1-2H3,(H,20,23)(H,25,26). The first kappa shape index (κ1) is 20.5. The van der Waals surface area contributed by atoms with Crippen molar-refractivity contribution in [1.82, 2.24) is 15.2 Å². The second kappa shape index (κ2) is 9.22. The number of aromatic nitrogens is 1. The third-order valence-electron chi connectivity index (χ3n) is 3.83. The van der Waals surface area contributed by atoms with Crippen molar-refractivity contribution >= 4 is 29.1 Å². The van der Waals surface area contributed by atoms with Crippen molar-refractivity contribution in [2.24, 2.45) is 0 Å². The van der Waals surface area contributed by atoms with Gasteiger partial charge in [-0.1, -0.05) is 12.1 Å². The second-order valence-electron chi connectivity index (χ2n) is 5.92. The van der Waals surface area contributed by atoms with Crippen LogP contribution >= 0.6 is 11.3 Å². The van der Waals surface area contributed by atoms with Crippen molar-refractivity contribution in [2.45, 2.75) is 26.3 Å². The number of carboxylic acids is 1. The van der Waals surface area contributed by atoms with Gasteiger partial charge in [0, 0.05) is 31.0 Å². The van der Waals surface area contributed by atoms with Gasteiger partial charge in [-0.3, -0.25) is 9.59 Å². The molecule has 1 heterocycles. The Bertz CT molecular complexity index is 840. The molecule has 0 saturated carbocycles. The molecule has 1 atom stereocenters. The number of aliphatic carboxylic acids is 1. The van der Waals surface area contributed by atoms with Crippen LogP contribution in [0.4, 0.5) is 4.39 Å². The zero-order valence-corrected chi connectivity index (χ0v) is 15.8. The Labute approximate surface area is 159 Å². The van der Waals surface area contributed by atoms with Gasteiger partial charge in [0.05, 0.1) is 12.1 Å². The Kier molecular flexibility index (Phi) is 7.00. The average molecular weight is 393 g/mol. The van der Waals surface area contributed by atoms with E-state index in [-0.39, 0.29) is 31.2 Å². The SMILES string of the molecule is CC(=O)NCCN(C(=O)Cc1csc(-c2cccc(F)c2)n1)C(C)C(=O)O. The van der Waals surface area contributed by atoms with Gasteiger partial charge >= 0.3 is 5.97 Å². The first-order valence-electron chi connectivity index (χ1n) is 8.25. The van der Waals surface area contributed by atoms with E-state index in [1.807, 2.05) is 0 Å². The molecule has 0 fully saturated rings. The van der Waals surface area contributed by atoms with E-state index in [1.165, 1.54) is 42.2 Å². The third-order valence-corrected chi connectivity index (χ3v) is 4.77. The van der Waals surface area contributed by atoms with Crippen molar-refractivity contribution in [3.05, 3.63) is 41.2 Å². The van der Waals surface area contributed by atoms with Crippen LogP contribution in [0, 0.1) is 5.82 Å². The molecule has 0 bridgehead atoms. The van der Waals surface area contributed by atoms with Gasteiger partial charge in [-0.2, -0.15) is 0 Å². The first-order chi connectivity index (χ1) is 12.8. The summed E-state index contributed by atoms with van der Waals surface area (Å²) in [5, 5.41) is 14.0. The summed E-state index contributed by atoms with van der Waals surface area (Å²) < 4.78 is 13.3. The van der Waals surface area contributed by atoms with E-state index in [1.54, 1.807) is 17.5 Å². The van der Waals surface area contributed by atoms with Crippen LogP contribution in [0.25, 0.3) is 10.6 Å². The maximum Gasteiger partial charge on any atom is 0.326 e. The van der Waals surface area contributed by atoms with Gasteiger partial charge in [0.15, 0.2) is 0 Å². The highest BCUT2D eigenvalue weighted by Crippen LogP contribution is 2.24. The number of nitrogens with one attached hydrogen (secondary N) is 1. The van der Waals surface area contributed by atoms with Crippen molar-refractivity contribution in [1.29, 1.82) is 0 Å². The lowest BCUT2D eigenvalue weighted by molar-refractivity contribution is -0.149. The summed E-state index contributed by atoms with van der Waals surface area (Å²) in [6, 6.07) is 4.96. The quantitative estimate of drug-likeness (QED) is 0.714. The molecule has 0 aliphatic carbocycles. The molecule has 0 aliphatic heterocycles. The molecule has 2 rings (SSSR count). The van der Waals surface area contributed by atoms with Crippen LogP contribution < -0.4 is 5.32 Å². The molecule has 0 radical (unpaired) electrons. The Morgan fingerprint density at radius 1 is 1.37 bits per heavy atom. The molecule has 7 nitrogen and oxygen atoms in total. The van der Waals surface area contributed by atoms with Crippen molar-refractivity contribution < 1.29 is 23.9 Å². The van der Waals surface area contributed by atoms with Crippen LogP contribution in [-0.2, 0) is 20.8 Å². The molecule has 0 aliphatic rings. The Balaban J connectivity index is 2.09. The maximum atomic E-state index is 13.3. The number of carbonyl (C=O) groups is 3. The molecular weight excluding hydrogens is 373 g/mol. The van der Waals surface area contributed by atoms with E-state index in [0.717, 1.165) is 0 Å². The van der Waals surface area contributed by atoms with E-state index in [2.05, 4.69) is 10.3 Å².